The molecule has 0 bridgehead atoms. The van der Waals surface area contributed by atoms with Gasteiger partial charge >= 0.3 is 0 Å². The van der Waals surface area contributed by atoms with E-state index in [0.29, 0.717) is 23.5 Å². The molecular weight excluding hydrogens is 338 g/mol. The van der Waals surface area contributed by atoms with Crippen LogP contribution in [0.4, 0.5) is 5.69 Å². The van der Waals surface area contributed by atoms with E-state index in [4.69, 9.17) is 0 Å². The third-order valence-electron chi connectivity index (χ3n) is 3.31. The van der Waals surface area contributed by atoms with E-state index in [1.807, 2.05) is 18.2 Å². The van der Waals surface area contributed by atoms with Crippen LogP contribution in [0.1, 0.15) is 25.9 Å². The Morgan fingerprint density at radius 2 is 1.96 bits per heavy atom. The van der Waals surface area contributed by atoms with Crippen molar-refractivity contribution in [2.45, 2.75) is 6.42 Å². The molecule has 2 N–H and O–H groups in total. The van der Waals surface area contributed by atoms with Crippen LogP contribution in [0.5, 0.6) is 0 Å². The summed E-state index contributed by atoms with van der Waals surface area (Å²) in [5.41, 5.74) is 1.55. The molecule has 2 amide bonds. The van der Waals surface area contributed by atoms with E-state index in [2.05, 4.69) is 25.6 Å². The molecule has 3 aromatic heterocycles. The van der Waals surface area contributed by atoms with Crippen LogP contribution in [-0.4, -0.2) is 33.3 Å². The number of rotatable bonds is 6. The Kier molecular flexibility index (Phi) is 5.43. The molecule has 0 aliphatic carbocycles. The third-order valence-corrected chi connectivity index (χ3v) is 4.22. The van der Waals surface area contributed by atoms with Crippen molar-refractivity contribution in [3.8, 4) is 0 Å². The summed E-state index contributed by atoms with van der Waals surface area (Å²) in [7, 11) is 0. The second kappa shape index (κ2) is 8.11. The van der Waals surface area contributed by atoms with E-state index in [1.165, 1.54) is 29.9 Å². The van der Waals surface area contributed by atoms with Gasteiger partial charge in [0, 0.05) is 37.3 Å². The zero-order valence-electron chi connectivity index (χ0n) is 13.2. The first kappa shape index (κ1) is 16.7. The highest BCUT2D eigenvalue weighted by atomic mass is 32.1. The van der Waals surface area contributed by atoms with E-state index in [0.717, 1.165) is 5.69 Å². The normalized spacial score (nSPS) is 10.2. The number of carbonyl (C=O) groups excluding carboxylic acids is 2. The lowest BCUT2D eigenvalue weighted by Gasteiger charge is -2.07. The van der Waals surface area contributed by atoms with Crippen LogP contribution < -0.4 is 10.6 Å². The summed E-state index contributed by atoms with van der Waals surface area (Å²) in [5.74, 6) is -0.644. The van der Waals surface area contributed by atoms with E-state index in [9.17, 15) is 9.59 Å². The summed E-state index contributed by atoms with van der Waals surface area (Å²) in [6.07, 6.45) is 6.65. The van der Waals surface area contributed by atoms with Gasteiger partial charge in [-0.1, -0.05) is 6.07 Å². The standard InChI is InChI=1S/C17H15N5O2S/c23-16(14-11-18-8-9-20-14)22-13-5-10-25-15(13)17(24)21-7-4-12-3-1-2-6-19-12/h1-3,5-6,8-11H,4,7H2,(H,21,24)(H,22,23). The monoisotopic (exact) mass is 353 g/mol. The van der Waals surface area contributed by atoms with Crippen LogP contribution in [0.25, 0.3) is 0 Å². The molecule has 3 rings (SSSR count). The highest BCUT2D eigenvalue weighted by molar-refractivity contribution is 7.12. The number of amides is 2. The molecule has 0 fully saturated rings. The Hall–Kier alpha value is -3.13. The molecular formula is C17H15N5O2S. The van der Waals surface area contributed by atoms with Crippen molar-refractivity contribution in [2.75, 3.05) is 11.9 Å². The summed E-state index contributed by atoms with van der Waals surface area (Å²) >= 11 is 1.26. The number of hydrogen-bond donors (Lipinski definition) is 2. The summed E-state index contributed by atoms with van der Waals surface area (Å²) in [5, 5.41) is 7.28. The highest BCUT2D eigenvalue weighted by Gasteiger charge is 2.16. The lowest BCUT2D eigenvalue weighted by molar-refractivity contribution is 0.0959. The van der Waals surface area contributed by atoms with Crippen molar-refractivity contribution in [1.82, 2.24) is 20.3 Å². The molecule has 0 aliphatic rings. The fraction of sp³-hybridized carbons (Fsp3) is 0.118. The molecule has 3 heterocycles. The summed E-state index contributed by atoms with van der Waals surface area (Å²) in [6, 6.07) is 7.35. The quantitative estimate of drug-likeness (QED) is 0.708. The maximum Gasteiger partial charge on any atom is 0.275 e. The Labute approximate surface area is 148 Å². The number of pyridine rings is 1. The smallest absolute Gasteiger partial charge is 0.275 e. The number of hydrogen-bond acceptors (Lipinski definition) is 6. The molecule has 8 heteroatoms. The van der Waals surface area contributed by atoms with Crippen molar-refractivity contribution >= 4 is 28.8 Å². The van der Waals surface area contributed by atoms with Gasteiger partial charge in [0.05, 0.1) is 11.9 Å². The predicted octanol–water partition coefficient (Wildman–Crippen LogP) is 2.16. The largest absolute Gasteiger partial charge is 0.351 e. The topological polar surface area (TPSA) is 96.9 Å². The van der Waals surface area contributed by atoms with Crippen LogP contribution in [0.15, 0.2) is 54.4 Å². The molecule has 25 heavy (non-hydrogen) atoms. The molecule has 7 nitrogen and oxygen atoms in total. The Balaban J connectivity index is 1.59. The molecule has 0 saturated carbocycles. The van der Waals surface area contributed by atoms with Gasteiger partial charge in [0.1, 0.15) is 10.6 Å². The lowest BCUT2D eigenvalue weighted by Crippen LogP contribution is -2.26. The highest BCUT2D eigenvalue weighted by Crippen LogP contribution is 2.22. The molecule has 0 saturated heterocycles. The first-order valence-corrected chi connectivity index (χ1v) is 8.45. The first-order valence-electron chi connectivity index (χ1n) is 7.57. The molecule has 0 aromatic carbocycles. The molecule has 0 radical (unpaired) electrons. The van der Waals surface area contributed by atoms with E-state index in [1.54, 1.807) is 17.6 Å². The van der Waals surface area contributed by atoms with Crippen molar-refractivity contribution in [3.05, 3.63) is 70.7 Å². The second-order valence-electron chi connectivity index (χ2n) is 5.04. The maximum absolute atomic E-state index is 12.3. The van der Waals surface area contributed by atoms with E-state index < -0.39 is 5.91 Å². The fourth-order valence-corrected chi connectivity index (χ4v) is 2.88. The zero-order valence-corrected chi connectivity index (χ0v) is 14.0. The van der Waals surface area contributed by atoms with Gasteiger partial charge in [0.25, 0.3) is 11.8 Å². The van der Waals surface area contributed by atoms with Gasteiger partial charge in [-0.3, -0.25) is 19.6 Å². The number of aromatic nitrogens is 3. The van der Waals surface area contributed by atoms with Crippen LogP contribution in [0, 0.1) is 0 Å². The van der Waals surface area contributed by atoms with Crippen LogP contribution in [-0.2, 0) is 6.42 Å². The number of anilines is 1. The van der Waals surface area contributed by atoms with Crippen molar-refractivity contribution in [1.29, 1.82) is 0 Å². The number of carbonyl (C=O) groups is 2. The Morgan fingerprint density at radius 1 is 1.04 bits per heavy atom. The number of nitrogens with one attached hydrogen (secondary N) is 2. The fourth-order valence-electron chi connectivity index (χ4n) is 2.12. The van der Waals surface area contributed by atoms with Gasteiger partial charge in [-0.05, 0) is 23.6 Å². The van der Waals surface area contributed by atoms with Crippen molar-refractivity contribution in [2.24, 2.45) is 0 Å². The Bertz CT molecular complexity index is 852. The number of nitrogens with zero attached hydrogens (tertiary/aromatic N) is 3. The van der Waals surface area contributed by atoms with Gasteiger partial charge in [-0.25, -0.2) is 4.98 Å². The second-order valence-corrected chi connectivity index (χ2v) is 5.95. The minimum absolute atomic E-state index is 0.190. The third kappa shape index (κ3) is 4.45. The van der Waals surface area contributed by atoms with Gasteiger partial charge in [0.15, 0.2) is 0 Å². The Morgan fingerprint density at radius 3 is 2.72 bits per heavy atom. The summed E-state index contributed by atoms with van der Waals surface area (Å²) < 4.78 is 0. The lowest BCUT2D eigenvalue weighted by atomic mass is 10.2. The average Bonchev–Trinajstić information content (AvgIpc) is 3.11. The molecule has 0 atom stereocenters. The molecule has 0 unspecified atom stereocenters. The van der Waals surface area contributed by atoms with E-state index >= 15 is 0 Å². The minimum atomic E-state index is -0.408. The van der Waals surface area contributed by atoms with Gasteiger partial charge in [-0.2, -0.15) is 0 Å². The van der Waals surface area contributed by atoms with E-state index in [-0.39, 0.29) is 11.6 Å². The average molecular weight is 353 g/mol. The SMILES string of the molecule is O=C(Nc1ccsc1C(=O)NCCc1ccccn1)c1cnccn1. The maximum atomic E-state index is 12.3. The van der Waals surface area contributed by atoms with Gasteiger partial charge in [0.2, 0.25) is 0 Å². The molecule has 0 spiro atoms. The van der Waals surface area contributed by atoms with Crippen molar-refractivity contribution in [3.63, 3.8) is 0 Å². The first-order chi connectivity index (χ1) is 12.2. The van der Waals surface area contributed by atoms with Crippen LogP contribution in [0.3, 0.4) is 0 Å². The molecule has 0 aliphatic heterocycles. The molecule has 3 aromatic rings. The van der Waals surface area contributed by atoms with Gasteiger partial charge < -0.3 is 10.6 Å². The number of thiophene rings is 1. The van der Waals surface area contributed by atoms with Gasteiger partial charge in [-0.15, -0.1) is 11.3 Å². The van der Waals surface area contributed by atoms with Crippen molar-refractivity contribution < 1.29 is 9.59 Å². The summed E-state index contributed by atoms with van der Waals surface area (Å²) in [4.78, 5) is 36.9. The summed E-state index contributed by atoms with van der Waals surface area (Å²) in [6.45, 7) is 0.464. The molecule has 126 valence electrons. The van der Waals surface area contributed by atoms with Crippen LogP contribution in [0.2, 0.25) is 0 Å². The zero-order chi connectivity index (χ0) is 17.5. The van der Waals surface area contributed by atoms with Crippen LogP contribution >= 0.6 is 11.3 Å². The predicted molar refractivity (Wildman–Crippen MR) is 94.6 cm³/mol. The minimum Gasteiger partial charge on any atom is -0.351 e.